The number of likely N-dealkylation sites (tertiary alicyclic amines) is 1. The fourth-order valence-electron chi connectivity index (χ4n) is 2.16. The Morgan fingerprint density at radius 1 is 1.62 bits per heavy atom. The number of nitrogens with one attached hydrogen (secondary N) is 1. The van der Waals surface area contributed by atoms with E-state index in [1.807, 2.05) is 4.90 Å². The summed E-state index contributed by atoms with van der Waals surface area (Å²) in [5, 5.41) is 0. The van der Waals surface area contributed by atoms with Crippen LogP contribution in [0.25, 0.3) is 0 Å². The second-order valence-electron chi connectivity index (χ2n) is 5.22. The Morgan fingerprint density at radius 2 is 2.38 bits per heavy atom. The largest absolute Gasteiger partial charge is 0.341 e. The minimum absolute atomic E-state index is 0.0226. The topological polar surface area (TPSA) is 49.0 Å². The Kier molecular flexibility index (Phi) is 2.74. The van der Waals surface area contributed by atoms with E-state index >= 15 is 0 Å². The number of carbonyl (C=O) groups excluding carboxylic acids is 1. The molecule has 1 aromatic rings. The first-order valence-corrected chi connectivity index (χ1v) is 5.81. The van der Waals surface area contributed by atoms with Crippen molar-refractivity contribution in [2.45, 2.75) is 27.2 Å². The summed E-state index contributed by atoms with van der Waals surface area (Å²) < 4.78 is 0. The van der Waals surface area contributed by atoms with Crippen molar-refractivity contribution in [2.24, 2.45) is 11.3 Å². The lowest BCUT2D eigenvalue weighted by Crippen LogP contribution is -2.33. The molecule has 0 unspecified atom stereocenters. The van der Waals surface area contributed by atoms with Crippen LogP contribution >= 0.6 is 0 Å². The molecule has 1 amide bonds. The summed E-state index contributed by atoms with van der Waals surface area (Å²) in [7, 11) is 0. The first-order chi connectivity index (χ1) is 7.53. The van der Waals surface area contributed by atoms with Crippen LogP contribution < -0.4 is 0 Å². The molecule has 0 radical (unpaired) electrons. The highest BCUT2D eigenvalue weighted by Gasteiger charge is 2.38. The van der Waals surface area contributed by atoms with Crippen molar-refractivity contribution in [1.29, 1.82) is 0 Å². The molecule has 4 nitrogen and oxygen atoms in total. The van der Waals surface area contributed by atoms with Crippen LogP contribution in [0.1, 0.15) is 37.8 Å². The average Bonchev–Trinajstić information content (AvgIpc) is 2.85. The van der Waals surface area contributed by atoms with E-state index in [4.69, 9.17) is 0 Å². The molecule has 2 heterocycles. The van der Waals surface area contributed by atoms with E-state index < -0.39 is 0 Å². The van der Waals surface area contributed by atoms with Gasteiger partial charge in [0, 0.05) is 25.5 Å². The summed E-state index contributed by atoms with van der Waals surface area (Å²) in [6, 6.07) is 0. The van der Waals surface area contributed by atoms with E-state index in [9.17, 15) is 4.79 Å². The molecule has 1 N–H and O–H groups in total. The second-order valence-corrected chi connectivity index (χ2v) is 5.22. The Balaban J connectivity index is 2.07. The third-order valence-electron chi connectivity index (χ3n) is 3.89. The van der Waals surface area contributed by atoms with Crippen LogP contribution in [0, 0.1) is 11.3 Å². The lowest BCUT2D eigenvalue weighted by molar-refractivity contribution is 0.0753. The lowest BCUT2D eigenvalue weighted by Gasteiger charge is -2.28. The standard InChI is InChI=1S/C12H19N3O/c1-9(2)12(3)4-7-15(8-12)11(16)10-13-5-6-14-10/h5-6,9H,4,7-8H2,1-3H3,(H,13,14)/t12-/m0/s1. The first kappa shape index (κ1) is 11.2. The van der Waals surface area contributed by atoms with Gasteiger partial charge in [-0.3, -0.25) is 4.79 Å². The highest BCUT2D eigenvalue weighted by atomic mass is 16.2. The van der Waals surface area contributed by atoms with E-state index in [-0.39, 0.29) is 11.3 Å². The molecule has 0 aromatic carbocycles. The maximum Gasteiger partial charge on any atom is 0.289 e. The molecule has 0 aliphatic carbocycles. The van der Waals surface area contributed by atoms with E-state index in [0.717, 1.165) is 19.5 Å². The maximum absolute atomic E-state index is 12.1. The van der Waals surface area contributed by atoms with Crippen LogP contribution in [0.15, 0.2) is 12.4 Å². The number of imidazole rings is 1. The van der Waals surface area contributed by atoms with E-state index in [1.54, 1.807) is 12.4 Å². The number of amides is 1. The van der Waals surface area contributed by atoms with Crippen LogP contribution in [-0.4, -0.2) is 33.9 Å². The molecule has 0 spiro atoms. The van der Waals surface area contributed by atoms with Crippen molar-refractivity contribution >= 4 is 5.91 Å². The Morgan fingerprint density at radius 3 is 2.88 bits per heavy atom. The SMILES string of the molecule is CC(C)[C@@]1(C)CCN(C(=O)c2ncc[nH]2)C1. The third kappa shape index (κ3) is 1.84. The van der Waals surface area contributed by atoms with Gasteiger partial charge in [0.25, 0.3) is 5.91 Å². The first-order valence-electron chi connectivity index (χ1n) is 5.81. The smallest absolute Gasteiger partial charge is 0.289 e. The van der Waals surface area contributed by atoms with Gasteiger partial charge >= 0.3 is 0 Å². The zero-order valence-corrected chi connectivity index (χ0v) is 10.2. The van der Waals surface area contributed by atoms with Crippen molar-refractivity contribution in [1.82, 2.24) is 14.9 Å². The van der Waals surface area contributed by atoms with Gasteiger partial charge in [0.1, 0.15) is 0 Å². The predicted molar refractivity (Wildman–Crippen MR) is 62.1 cm³/mol. The van der Waals surface area contributed by atoms with Gasteiger partial charge in [0.05, 0.1) is 0 Å². The lowest BCUT2D eigenvalue weighted by atomic mass is 9.78. The van der Waals surface area contributed by atoms with Crippen LogP contribution in [0.5, 0.6) is 0 Å². The molecule has 1 saturated heterocycles. The Labute approximate surface area is 96.1 Å². The molecule has 1 aliphatic rings. The number of carbonyl (C=O) groups is 1. The van der Waals surface area contributed by atoms with Crippen molar-refractivity contribution in [3.05, 3.63) is 18.2 Å². The minimum atomic E-state index is 0.0226. The number of aromatic amines is 1. The number of hydrogen-bond donors (Lipinski definition) is 1. The van der Waals surface area contributed by atoms with Gasteiger partial charge in [0.2, 0.25) is 0 Å². The summed E-state index contributed by atoms with van der Waals surface area (Å²) in [6.45, 7) is 8.38. The maximum atomic E-state index is 12.1. The van der Waals surface area contributed by atoms with E-state index in [1.165, 1.54) is 0 Å². The molecule has 1 aromatic heterocycles. The van der Waals surface area contributed by atoms with Crippen molar-refractivity contribution in [2.75, 3.05) is 13.1 Å². The fraction of sp³-hybridized carbons (Fsp3) is 0.667. The summed E-state index contributed by atoms with van der Waals surface area (Å²) in [5.41, 5.74) is 0.252. The summed E-state index contributed by atoms with van der Waals surface area (Å²) in [5.74, 6) is 1.07. The van der Waals surface area contributed by atoms with Crippen LogP contribution in [-0.2, 0) is 0 Å². The molecule has 1 atom stereocenters. The molecule has 0 bridgehead atoms. The molecule has 0 saturated carbocycles. The molecule has 88 valence electrons. The molecule has 2 rings (SSSR count). The zero-order chi connectivity index (χ0) is 11.8. The second kappa shape index (κ2) is 3.92. The van der Waals surface area contributed by atoms with Gasteiger partial charge in [-0.2, -0.15) is 0 Å². The molecule has 16 heavy (non-hydrogen) atoms. The summed E-state index contributed by atoms with van der Waals surface area (Å²) in [4.78, 5) is 20.8. The monoisotopic (exact) mass is 221 g/mol. The highest BCUT2D eigenvalue weighted by molar-refractivity contribution is 5.90. The normalized spacial score (nSPS) is 25.4. The number of nitrogens with zero attached hydrogens (tertiary/aromatic N) is 2. The number of aromatic nitrogens is 2. The fourth-order valence-corrected chi connectivity index (χ4v) is 2.16. The van der Waals surface area contributed by atoms with Gasteiger partial charge in [-0.25, -0.2) is 4.98 Å². The van der Waals surface area contributed by atoms with Crippen LogP contribution in [0.3, 0.4) is 0 Å². The van der Waals surface area contributed by atoms with Crippen molar-refractivity contribution in [3.8, 4) is 0 Å². The third-order valence-corrected chi connectivity index (χ3v) is 3.89. The van der Waals surface area contributed by atoms with Crippen LogP contribution in [0.4, 0.5) is 0 Å². The van der Waals surface area contributed by atoms with Gasteiger partial charge in [-0.1, -0.05) is 20.8 Å². The number of rotatable bonds is 2. The van der Waals surface area contributed by atoms with Crippen LogP contribution in [0.2, 0.25) is 0 Å². The number of H-pyrrole nitrogens is 1. The molecule has 1 aliphatic heterocycles. The molecular formula is C12H19N3O. The average molecular weight is 221 g/mol. The Hall–Kier alpha value is -1.32. The summed E-state index contributed by atoms with van der Waals surface area (Å²) >= 11 is 0. The molecular weight excluding hydrogens is 202 g/mol. The Bertz CT molecular complexity index is 372. The highest BCUT2D eigenvalue weighted by Crippen LogP contribution is 2.37. The number of hydrogen-bond acceptors (Lipinski definition) is 2. The van der Waals surface area contributed by atoms with E-state index in [0.29, 0.717) is 11.7 Å². The van der Waals surface area contributed by atoms with E-state index in [2.05, 4.69) is 30.7 Å². The zero-order valence-electron chi connectivity index (χ0n) is 10.2. The molecule has 1 fully saturated rings. The van der Waals surface area contributed by atoms with Gasteiger partial charge in [-0.15, -0.1) is 0 Å². The van der Waals surface area contributed by atoms with Crippen molar-refractivity contribution in [3.63, 3.8) is 0 Å². The van der Waals surface area contributed by atoms with Gasteiger partial charge in [-0.05, 0) is 17.8 Å². The van der Waals surface area contributed by atoms with Gasteiger partial charge < -0.3 is 9.88 Å². The molecule has 4 heteroatoms. The summed E-state index contributed by atoms with van der Waals surface area (Å²) in [6.07, 6.45) is 4.38. The van der Waals surface area contributed by atoms with Gasteiger partial charge in [0.15, 0.2) is 5.82 Å². The predicted octanol–water partition coefficient (Wildman–Crippen LogP) is 1.92. The van der Waals surface area contributed by atoms with Crippen molar-refractivity contribution < 1.29 is 4.79 Å². The minimum Gasteiger partial charge on any atom is -0.341 e. The quantitative estimate of drug-likeness (QED) is 0.829.